The summed E-state index contributed by atoms with van der Waals surface area (Å²) in [5, 5.41) is -0.00282. The molecular formula is C28H37NO6Si. The molecule has 36 heavy (non-hydrogen) atoms. The van der Waals surface area contributed by atoms with E-state index < -0.39 is 25.9 Å². The van der Waals surface area contributed by atoms with Crippen LogP contribution in [-0.4, -0.2) is 62.3 Å². The van der Waals surface area contributed by atoms with Crippen molar-refractivity contribution >= 4 is 20.1 Å². The lowest BCUT2D eigenvalue weighted by atomic mass is 9.64. The monoisotopic (exact) mass is 511 g/mol. The average molecular weight is 512 g/mol. The number of hydrogen-bond donors (Lipinski definition) is 0. The maximum Gasteiger partial charge on any atom is 0.234 e. The van der Waals surface area contributed by atoms with Crippen LogP contribution < -0.4 is 0 Å². The topological polar surface area (TPSA) is 77.6 Å². The van der Waals surface area contributed by atoms with Crippen molar-refractivity contribution < 1.29 is 28.2 Å². The molecule has 0 aromatic heterocycles. The standard InChI is InChI=1S/C28H37NO6Si/c1-27(2,3)36(4,5)35-22-21-19(28(24-23(22)34-24)32-14-9-15-33-28)13-12-18-20(21)26(31)29(25(18)30)16-17-10-7-6-8-11-17/h6-8,10-11,13,18,20-24H,9,12,14-16H2,1-5H3/t18-,20-,21+,22+,23+,24+/m1/s1. The van der Waals surface area contributed by atoms with Crippen molar-refractivity contribution in [3.05, 3.63) is 47.5 Å². The van der Waals surface area contributed by atoms with Gasteiger partial charge in [0.25, 0.3) is 0 Å². The van der Waals surface area contributed by atoms with Gasteiger partial charge in [0.05, 0.1) is 37.7 Å². The summed E-state index contributed by atoms with van der Waals surface area (Å²) in [4.78, 5) is 29.1. The van der Waals surface area contributed by atoms with Gasteiger partial charge in [0.1, 0.15) is 12.2 Å². The molecule has 7 nitrogen and oxygen atoms in total. The Morgan fingerprint density at radius 2 is 1.75 bits per heavy atom. The van der Waals surface area contributed by atoms with Gasteiger partial charge in [-0.15, -0.1) is 0 Å². The third kappa shape index (κ3) is 3.60. The zero-order chi connectivity index (χ0) is 25.5. The minimum absolute atomic E-state index is 0.00282. The van der Waals surface area contributed by atoms with Gasteiger partial charge in [0.15, 0.2) is 8.32 Å². The normalized spacial score (nSPS) is 35.2. The van der Waals surface area contributed by atoms with Crippen molar-refractivity contribution in [2.75, 3.05) is 13.2 Å². The summed E-state index contributed by atoms with van der Waals surface area (Å²) in [7, 11) is -2.20. The molecule has 4 fully saturated rings. The lowest BCUT2D eigenvalue weighted by Gasteiger charge is -2.51. The molecule has 3 saturated heterocycles. The van der Waals surface area contributed by atoms with Crippen LogP contribution in [0.25, 0.3) is 0 Å². The van der Waals surface area contributed by atoms with Crippen LogP contribution in [0.5, 0.6) is 0 Å². The number of rotatable bonds is 4. The van der Waals surface area contributed by atoms with Gasteiger partial charge in [0, 0.05) is 5.92 Å². The zero-order valence-electron chi connectivity index (χ0n) is 21.9. The van der Waals surface area contributed by atoms with Crippen LogP contribution in [0.1, 0.15) is 39.2 Å². The molecule has 8 heteroatoms. The van der Waals surface area contributed by atoms with Gasteiger partial charge >= 0.3 is 0 Å². The minimum atomic E-state index is -2.20. The maximum absolute atomic E-state index is 14.0. The van der Waals surface area contributed by atoms with E-state index in [0.29, 0.717) is 26.2 Å². The highest BCUT2D eigenvalue weighted by molar-refractivity contribution is 6.74. The lowest BCUT2D eigenvalue weighted by molar-refractivity contribution is -0.262. The molecule has 2 amide bonds. The van der Waals surface area contributed by atoms with Gasteiger partial charge in [0.2, 0.25) is 17.6 Å². The average Bonchev–Trinajstić information content (AvgIpc) is 3.62. The molecule has 3 heterocycles. The predicted octanol–water partition coefficient (Wildman–Crippen LogP) is 4.04. The molecule has 2 aliphatic carbocycles. The number of carbonyl (C=O) groups excluding carboxylic acids is 2. The van der Waals surface area contributed by atoms with E-state index in [2.05, 4.69) is 39.9 Å². The summed E-state index contributed by atoms with van der Waals surface area (Å²) >= 11 is 0. The van der Waals surface area contributed by atoms with Gasteiger partial charge < -0.3 is 18.6 Å². The number of ether oxygens (including phenoxy) is 3. The highest BCUT2D eigenvalue weighted by Gasteiger charge is 2.73. The van der Waals surface area contributed by atoms with E-state index in [4.69, 9.17) is 18.6 Å². The quantitative estimate of drug-likeness (QED) is 0.263. The first kappa shape index (κ1) is 24.5. The Bertz CT molecular complexity index is 1090. The van der Waals surface area contributed by atoms with Crippen LogP contribution in [0.2, 0.25) is 18.1 Å². The van der Waals surface area contributed by atoms with Crippen LogP contribution in [0.15, 0.2) is 42.0 Å². The largest absolute Gasteiger partial charge is 0.411 e. The fourth-order valence-corrected chi connectivity index (χ4v) is 7.63. The second kappa shape index (κ2) is 8.33. The number of nitrogens with zero attached hydrogens (tertiary/aromatic N) is 1. The highest BCUT2D eigenvalue weighted by atomic mass is 28.4. The van der Waals surface area contributed by atoms with Crippen molar-refractivity contribution in [2.24, 2.45) is 17.8 Å². The highest BCUT2D eigenvalue weighted by Crippen LogP contribution is 2.60. The number of carbonyl (C=O) groups is 2. The van der Waals surface area contributed by atoms with Gasteiger partial charge in [-0.25, -0.2) is 0 Å². The lowest BCUT2D eigenvalue weighted by Crippen LogP contribution is -2.61. The van der Waals surface area contributed by atoms with E-state index in [1.807, 2.05) is 30.3 Å². The van der Waals surface area contributed by atoms with Gasteiger partial charge in [-0.1, -0.05) is 57.2 Å². The Morgan fingerprint density at radius 1 is 1.06 bits per heavy atom. The van der Waals surface area contributed by atoms with E-state index in [1.165, 1.54) is 4.90 Å². The number of benzene rings is 1. The maximum atomic E-state index is 14.0. The number of amides is 2. The number of fused-ring (bicyclic) bond motifs is 6. The first-order valence-corrected chi connectivity index (χ1v) is 16.2. The molecule has 1 spiro atoms. The fourth-order valence-electron chi connectivity index (χ4n) is 6.31. The Balaban J connectivity index is 1.39. The van der Waals surface area contributed by atoms with Crippen LogP contribution in [0.3, 0.4) is 0 Å². The second-order valence-corrected chi connectivity index (χ2v) is 17.1. The van der Waals surface area contributed by atoms with Crippen molar-refractivity contribution in [1.82, 2.24) is 4.90 Å². The van der Waals surface area contributed by atoms with Crippen molar-refractivity contribution in [3.8, 4) is 0 Å². The van der Waals surface area contributed by atoms with Gasteiger partial charge in [-0.3, -0.25) is 14.5 Å². The summed E-state index contributed by atoms with van der Waals surface area (Å²) in [6.45, 7) is 12.6. The summed E-state index contributed by atoms with van der Waals surface area (Å²) < 4.78 is 26.0. The van der Waals surface area contributed by atoms with Crippen molar-refractivity contribution in [2.45, 2.75) is 82.4 Å². The molecule has 0 radical (unpaired) electrons. The molecule has 1 saturated carbocycles. The fraction of sp³-hybridized carbons (Fsp3) is 0.643. The Labute approximate surface area is 214 Å². The zero-order valence-corrected chi connectivity index (χ0v) is 22.9. The van der Waals surface area contributed by atoms with Crippen LogP contribution in [0.4, 0.5) is 0 Å². The third-order valence-electron chi connectivity index (χ3n) is 9.23. The Kier molecular flexibility index (Phi) is 5.67. The summed E-state index contributed by atoms with van der Waals surface area (Å²) in [5.74, 6) is -2.37. The molecule has 0 unspecified atom stereocenters. The third-order valence-corrected chi connectivity index (χ3v) is 13.7. The van der Waals surface area contributed by atoms with Crippen LogP contribution >= 0.6 is 0 Å². The predicted molar refractivity (Wildman–Crippen MR) is 135 cm³/mol. The van der Waals surface area contributed by atoms with E-state index in [-0.39, 0.29) is 41.1 Å². The Hall–Kier alpha value is -1.84. The first-order chi connectivity index (χ1) is 17.1. The molecular weight excluding hydrogens is 474 g/mol. The van der Waals surface area contributed by atoms with Crippen molar-refractivity contribution in [3.63, 3.8) is 0 Å². The number of epoxide rings is 1. The number of hydrogen-bond acceptors (Lipinski definition) is 6. The van der Waals surface area contributed by atoms with Crippen LogP contribution in [-0.2, 0) is 34.8 Å². The molecule has 1 aromatic carbocycles. The van der Waals surface area contributed by atoms with E-state index in [1.54, 1.807) is 0 Å². The van der Waals surface area contributed by atoms with E-state index >= 15 is 0 Å². The molecule has 1 aromatic rings. The SMILES string of the molecule is CC(C)(C)[Si](C)(C)O[C@@H]1[C@@H]2O[C@@H]2C2(OCCCO2)C2=CC[C@H]3C(=O)N(Cc4ccccc4)C(=O)[C@H]3[C@H]21. The molecule has 0 N–H and O–H groups in total. The molecule has 3 aliphatic heterocycles. The van der Waals surface area contributed by atoms with Crippen molar-refractivity contribution in [1.29, 1.82) is 0 Å². The van der Waals surface area contributed by atoms with Crippen LogP contribution in [0, 0.1) is 17.8 Å². The molecule has 6 rings (SSSR count). The van der Waals surface area contributed by atoms with E-state index in [0.717, 1.165) is 17.6 Å². The number of likely N-dealkylation sites (tertiary alicyclic amines) is 1. The molecule has 194 valence electrons. The summed E-state index contributed by atoms with van der Waals surface area (Å²) in [6.07, 6.45) is 2.70. The summed E-state index contributed by atoms with van der Waals surface area (Å²) in [5.41, 5.74) is 1.90. The smallest absolute Gasteiger partial charge is 0.234 e. The second-order valence-electron chi connectivity index (χ2n) is 12.4. The molecule has 0 bridgehead atoms. The molecule has 6 atom stereocenters. The summed E-state index contributed by atoms with van der Waals surface area (Å²) in [6, 6.07) is 9.72. The Morgan fingerprint density at radius 3 is 2.42 bits per heavy atom. The first-order valence-electron chi connectivity index (χ1n) is 13.3. The number of allylic oxidation sites excluding steroid dienone is 1. The van der Waals surface area contributed by atoms with E-state index in [9.17, 15) is 9.59 Å². The van der Waals surface area contributed by atoms with Gasteiger partial charge in [-0.05, 0) is 42.1 Å². The number of imide groups is 1. The molecule has 5 aliphatic rings. The minimum Gasteiger partial charge on any atom is -0.411 e. The van der Waals surface area contributed by atoms with Gasteiger partial charge in [-0.2, -0.15) is 0 Å².